The average molecular weight is 211 g/mol. The summed E-state index contributed by atoms with van der Waals surface area (Å²) in [6.45, 7) is 4.07. The van der Waals surface area contributed by atoms with Gasteiger partial charge in [0.1, 0.15) is 6.26 Å². The number of nitrogens with one attached hydrogen (secondary N) is 1. The highest BCUT2D eigenvalue weighted by Crippen LogP contribution is 2.20. The summed E-state index contributed by atoms with van der Waals surface area (Å²) in [6.07, 6.45) is 2.27. The molecule has 2 unspecified atom stereocenters. The maximum absolute atomic E-state index is 11.2. The van der Waals surface area contributed by atoms with Crippen LogP contribution in [0.5, 0.6) is 0 Å². The zero-order valence-electron chi connectivity index (χ0n) is 9.28. The SMILES string of the molecule is CCC(C)C(N)c1nc(C(=O)NC)co1. The van der Waals surface area contributed by atoms with Crippen LogP contribution >= 0.6 is 0 Å². The summed E-state index contributed by atoms with van der Waals surface area (Å²) in [5, 5.41) is 2.47. The summed E-state index contributed by atoms with van der Waals surface area (Å²) < 4.78 is 5.18. The van der Waals surface area contributed by atoms with Gasteiger partial charge in [-0.05, 0) is 5.92 Å². The summed E-state index contributed by atoms with van der Waals surface area (Å²) in [6, 6.07) is -0.256. The first-order chi connectivity index (χ1) is 7.10. The van der Waals surface area contributed by atoms with E-state index in [1.54, 1.807) is 7.05 Å². The van der Waals surface area contributed by atoms with Gasteiger partial charge in [-0.2, -0.15) is 0 Å². The summed E-state index contributed by atoms with van der Waals surface area (Å²) in [7, 11) is 1.55. The minimum Gasteiger partial charge on any atom is -0.446 e. The van der Waals surface area contributed by atoms with Gasteiger partial charge in [0.05, 0.1) is 6.04 Å². The zero-order chi connectivity index (χ0) is 11.4. The first-order valence-electron chi connectivity index (χ1n) is 5.03. The third-order valence-electron chi connectivity index (χ3n) is 2.52. The van der Waals surface area contributed by atoms with Crippen LogP contribution in [0.1, 0.15) is 42.7 Å². The van der Waals surface area contributed by atoms with Crippen LogP contribution in [0.25, 0.3) is 0 Å². The molecule has 1 aromatic rings. The topological polar surface area (TPSA) is 81.1 Å². The van der Waals surface area contributed by atoms with Crippen LogP contribution in [-0.4, -0.2) is 17.9 Å². The van der Waals surface area contributed by atoms with Crippen LogP contribution in [0.3, 0.4) is 0 Å². The van der Waals surface area contributed by atoms with Crippen molar-refractivity contribution in [2.24, 2.45) is 11.7 Å². The Hall–Kier alpha value is -1.36. The van der Waals surface area contributed by atoms with Crippen molar-refractivity contribution in [1.29, 1.82) is 0 Å². The van der Waals surface area contributed by atoms with E-state index in [0.717, 1.165) is 6.42 Å². The Morgan fingerprint density at radius 3 is 2.93 bits per heavy atom. The minimum absolute atomic E-state index is 0.256. The number of hydrogen-bond donors (Lipinski definition) is 2. The van der Waals surface area contributed by atoms with Gasteiger partial charge < -0.3 is 15.5 Å². The van der Waals surface area contributed by atoms with Crippen LogP contribution < -0.4 is 11.1 Å². The predicted octanol–water partition coefficient (Wildman–Crippen LogP) is 1.08. The third-order valence-corrected chi connectivity index (χ3v) is 2.52. The smallest absolute Gasteiger partial charge is 0.272 e. The fraction of sp³-hybridized carbons (Fsp3) is 0.600. The van der Waals surface area contributed by atoms with Crippen LogP contribution in [0.4, 0.5) is 0 Å². The van der Waals surface area contributed by atoms with Gasteiger partial charge in [-0.3, -0.25) is 4.79 Å². The lowest BCUT2D eigenvalue weighted by Crippen LogP contribution is -2.21. The molecule has 1 rings (SSSR count). The molecule has 1 amide bonds. The number of carbonyl (C=O) groups is 1. The molecule has 0 spiro atoms. The molecule has 0 aliphatic carbocycles. The molecule has 15 heavy (non-hydrogen) atoms. The Bertz CT molecular complexity index is 335. The monoisotopic (exact) mass is 211 g/mol. The van der Waals surface area contributed by atoms with Crippen molar-refractivity contribution in [3.63, 3.8) is 0 Å². The van der Waals surface area contributed by atoms with E-state index >= 15 is 0 Å². The van der Waals surface area contributed by atoms with Crippen LogP contribution in [0, 0.1) is 5.92 Å². The van der Waals surface area contributed by atoms with Crippen LogP contribution in [0.15, 0.2) is 10.7 Å². The van der Waals surface area contributed by atoms with Crippen molar-refractivity contribution in [2.75, 3.05) is 7.05 Å². The number of nitrogens with zero attached hydrogens (tertiary/aromatic N) is 1. The van der Waals surface area contributed by atoms with E-state index in [1.165, 1.54) is 6.26 Å². The Morgan fingerprint density at radius 2 is 2.40 bits per heavy atom. The lowest BCUT2D eigenvalue weighted by molar-refractivity contribution is 0.0958. The number of carbonyl (C=O) groups excluding carboxylic acids is 1. The maximum Gasteiger partial charge on any atom is 0.272 e. The summed E-state index contributed by atoms with van der Waals surface area (Å²) in [5.41, 5.74) is 6.19. The molecule has 0 fully saturated rings. The lowest BCUT2D eigenvalue weighted by Gasteiger charge is -2.13. The van der Waals surface area contributed by atoms with E-state index in [-0.39, 0.29) is 23.6 Å². The molecular weight excluding hydrogens is 194 g/mol. The van der Waals surface area contributed by atoms with Gasteiger partial charge in [0.2, 0.25) is 5.89 Å². The highest BCUT2D eigenvalue weighted by Gasteiger charge is 2.20. The van der Waals surface area contributed by atoms with Gasteiger partial charge in [-0.1, -0.05) is 20.3 Å². The maximum atomic E-state index is 11.2. The molecule has 5 heteroatoms. The normalized spacial score (nSPS) is 14.7. The molecule has 1 heterocycles. The van der Waals surface area contributed by atoms with Gasteiger partial charge in [-0.15, -0.1) is 0 Å². The number of oxazole rings is 1. The minimum atomic E-state index is -0.263. The van der Waals surface area contributed by atoms with Crippen molar-refractivity contribution in [3.8, 4) is 0 Å². The molecule has 0 bridgehead atoms. The number of hydrogen-bond acceptors (Lipinski definition) is 4. The number of nitrogens with two attached hydrogens (primary N) is 1. The van der Waals surface area contributed by atoms with Crippen molar-refractivity contribution < 1.29 is 9.21 Å². The summed E-state index contributed by atoms with van der Waals surface area (Å²) in [4.78, 5) is 15.3. The van der Waals surface area contributed by atoms with E-state index in [0.29, 0.717) is 5.89 Å². The fourth-order valence-corrected chi connectivity index (χ4v) is 1.17. The molecule has 1 aromatic heterocycles. The average Bonchev–Trinajstić information content (AvgIpc) is 2.75. The first-order valence-corrected chi connectivity index (χ1v) is 5.03. The molecule has 0 radical (unpaired) electrons. The van der Waals surface area contributed by atoms with Gasteiger partial charge in [0.25, 0.3) is 5.91 Å². The highest BCUT2D eigenvalue weighted by molar-refractivity contribution is 5.91. The molecule has 0 aromatic carbocycles. The Balaban J connectivity index is 2.79. The van der Waals surface area contributed by atoms with Crippen molar-refractivity contribution >= 4 is 5.91 Å². The lowest BCUT2D eigenvalue weighted by atomic mass is 10.0. The Kier molecular flexibility index (Phi) is 3.85. The molecule has 0 aliphatic rings. The Morgan fingerprint density at radius 1 is 1.73 bits per heavy atom. The second-order valence-electron chi connectivity index (χ2n) is 3.56. The third kappa shape index (κ3) is 2.56. The van der Waals surface area contributed by atoms with Crippen LogP contribution in [0.2, 0.25) is 0 Å². The molecule has 5 nitrogen and oxygen atoms in total. The van der Waals surface area contributed by atoms with Gasteiger partial charge in [-0.25, -0.2) is 4.98 Å². The molecule has 3 N–H and O–H groups in total. The highest BCUT2D eigenvalue weighted by atomic mass is 16.3. The predicted molar refractivity (Wildman–Crippen MR) is 56.3 cm³/mol. The molecule has 0 saturated carbocycles. The quantitative estimate of drug-likeness (QED) is 0.780. The van der Waals surface area contributed by atoms with E-state index in [9.17, 15) is 4.79 Å². The number of rotatable bonds is 4. The molecule has 84 valence electrons. The molecule has 0 saturated heterocycles. The van der Waals surface area contributed by atoms with Gasteiger partial charge >= 0.3 is 0 Å². The summed E-state index contributed by atoms with van der Waals surface area (Å²) >= 11 is 0. The molecule has 0 aliphatic heterocycles. The van der Waals surface area contributed by atoms with Crippen molar-refractivity contribution in [3.05, 3.63) is 17.8 Å². The van der Waals surface area contributed by atoms with E-state index in [1.807, 2.05) is 13.8 Å². The standard InChI is InChI=1S/C10H17N3O2/c1-4-6(2)8(11)10-13-7(5-15-10)9(14)12-3/h5-6,8H,4,11H2,1-3H3,(H,12,14). The number of aromatic nitrogens is 1. The summed E-state index contributed by atoms with van der Waals surface area (Å²) in [5.74, 6) is 0.436. The van der Waals surface area contributed by atoms with Crippen molar-refractivity contribution in [2.45, 2.75) is 26.3 Å². The van der Waals surface area contributed by atoms with Gasteiger partial charge in [0, 0.05) is 7.05 Å². The molecule has 2 atom stereocenters. The van der Waals surface area contributed by atoms with Gasteiger partial charge in [0.15, 0.2) is 5.69 Å². The fourth-order valence-electron chi connectivity index (χ4n) is 1.17. The largest absolute Gasteiger partial charge is 0.446 e. The van der Waals surface area contributed by atoms with Crippen LogP contribution in [-0.2, 0) is 0 Å². The second kappa shape index (κ2) is 4.93. The second-order valence-corrected chi connectivity index (χ2v) is 3.56. The van der Waals surface area contributed by atoms with E-state index < -0.39 is 0 Å². The Labute approximate surface area is 89.1 Å². The molecular formula is C10H17N3O2. The van der Waals surface area contributed by atoms with Crippen molar-refractivity contribution in [1.82, 2.24) is 10.3 Å². The van der Waals surface area contributed by atoms with E-state index in [2.05, 4.69) is 10.3 Å². The number of amides is 1. The van der Waals surface area contributed by atoms with E-state index in [4.69, 9.17) is 10.2 Å². The first kappa shape index (κ1) is 11.7. The zero-order valence-corrected chi connectivity index (χ0v) is 9.28.